The second-order valence-corrected chi connectivity index (χ2v) is 8.10. The first-order chi connectivity index (χ1) is 15.4. The van der Waals surface area contributed by atoms with Gasteiger partial charge in [0.1, 0.15) is 11.5 Å². The molecule has 32 heavy (non-hydrogen) atoms. The van der Waals surface area contributed by atoms with E-state index in [9.17, 15) is 9.59 Å². The summed E-state index contributed by atoms with van der Waals surface area (Å²) in [6.45, 7) is 9.28. The first-order valence-corrected chi connectivity index (χ1v) is 11.0. The summed E-state index contributed by atoms with van der Waals surface area (Å²) < 4.78 is 1.64. The molecule has 0 spiro atoms. The molecule has 2 aliphatic rings. The Labute approximate surface area is 187 Å². The van der Waals surface area contributed by atoms with Gasteiger partial charge in [0.25, 0.3) is 5.91 Å². The third-order valence-electron chi connectivity index (χ3n) is 5.66. The summed E-state index contributed by atoms with van der Waals surface area (Å²) >= 11 is 0. The van der Waals surface area contributed by atoms with E-state index in [0.717, 1.165) is 16.9 Å². The molecule has 3 N–H and O–H groups in total. The Balaban J connectivity index is 0.00000119. The number of amides is 1. The van der Waals surface area contributed by atoms with Gasteiger partial charge in [-0.2, -0.15) is 0 Å². The van der Waals surface area contributed by atoms with Crippen molar-refractivity contribution in [2.24, 2.45) is 0 Å². The van der Waals surface area contributed by atoms with E-state index in [-0.39, 0.29) is 11.6 Å². The molecule has 1 amide bonds. The quantitative estimate of drug-likeness (QED) is 0.583. The molecule has 0 fully saturated rings. The Bertz CT molecular complexity index is 1220. The van der Waals surface area contributed by atoms with Crippen molar-refractivity contribution in [1.82, 2.24) is 14.9 Å². The molecule has 0 aliphatic carbocycles. The molecule has 5 rings (SSSR count). The highest BCUT2D eigenvalue weighted by Gasteiger charge is 2.37. The summed E-state index contributed by atoms with van der Waals surface area (Å²) in [5.74, 6) is 0.593. The lowest BCUT2D eigenvalue weighted by atomic mass is 9.99. The first-order valence-electron chi connectivity index (χ1n) is 11.0. The van der Waals surface area contributed by atoms with E-state index in [4.69, 9.17) is 0 Å². The van der Waals surface area contributed by atoms with Crippen LogP contribution in [0.5, 0.6) is 0 Å². The van der Waals surface area contributed by atoms with Gasteiger partial charge in [0.05, 0.1) is 22.6 Å². The molecule has 7 nitrogen and oxygen atoms in total. The van der Waals surface area contributed by atoms with Crippen molar-refractivity contribution in [2.75, 3.05) is 16.8 Å². The molecular formula is C25H29N5O2. The maximum atomic E-state index is 12.8. The third-order valence-corrected chi connectivity index (χ3v) is 5.66. The number of aromatic nitrogens is 2. The molecule has 2 aliphatic heterocycles. The van der Waals surface area contributed by atoms with E-state index in [2.05, 4.69) is 32.7 Å². The SMILES string of the molecule is CC.CC1(C)NC(=O)c2ccc(-n3c4c([nH]c3=O)NCC=C4)cc2N1Cc1ccccc1. The topological polar surface area (TPSA) is 82.2 Å². The summed E-state index contributed by atoms with van der Waals surface area (Å²) in [5.41, 5.74) is 3.24. The fourth-order valence-electron chi connectivity index (χ4n) is 4.17. The first kappa shape index (κ1) is 21.5. The molecule has 0 atom stereocenters. The van der Waals surface area contributed by atoms with E-state index in [0.29, 0.717) is 30.2 Å². The van der Waals surface area contributed by atoms with Crippen LogP contribution in [0.25, 0.3) is 11.8 Å². The zero-order valence-corrected chi connectivity index (χ0v) is 18.9. The number of nitrogens with zero attached hydrogens (tertiary/aromatic N) is 2. The van der Waals surface area contributed by atoms with Crippen molar-refractivity contribution in [1.29, 1.82) is 0 Å². The zero-order valence-electron chi connectivity index (χ0n) is 18.9. The number of fused-ring (bicyclic) bond motifs is 2. The Hall–Kier alpha value is -3.74. The van der Waals surface area contributed by atoms with Crippen LogP contribution < -0.4 is 21.2 Å². The number of benzene rings is 2. The standard InChI is InChI=1S/C23H23N5O2.C2H6/c1-23(2)26-21(29)17-11-10-16(28-18-9-6-12-24-20(18)25-22(28)30)13-19(17)27(23)14-15-7-4-3-5-8-15;1-2/h3-11,13,24H,12,14H2,1-2H3,(H,25,30)(H,26,29);1-2H3. The average molecular weight is 432 g/mol. The Kier molecular flexibility index (Phi) is 5.65. The van der Waals surface area contributed by atoms with Crippen molar-refractivity contribution >= 4 is 23.5 Å². The van der Waals surface area contributed by atoms with Crippen LogP contribution in [0.2, 0.25) is 0 Å². The smallest absolute Gasteiger partial charge is 0.332 e. The predicted octanol–water partition coefficient (Wildman–Crippen LogP) is 4.12. The minimum Gasteiger partial charge on any atom is -0.366 e. The number of carbonyl (C=O) groups excluding carboxylic acids is 1. The fourth-order valence-corrected chi connectivity index (χ4v) is 4.17. The van der Waals surface area contributed by atoms with Crippen molar-refractivity contribution in [3.8, 4) is 5.69 Å². The number of carbonyl (C=O) groups is 1. The summed E-state index contributed by atoms with van der Waals surface area (Å²) in [5, 5.41) is 6.27. The van der Waals surface area contributed by atoms with Gasteiger partial charge in [-0.25, -0.2) is 4.79 Å². The molecule has 0 saturated carbocycles. The largest absolute Gasteiger partial charge is 0.366 e. The van der Waals surface area contributed by atoms with Crippen molar-refractivity contribution in [3.63, 3.8) is 0 Å². The van der Waals surface area contributed by atoms with Gasteiger partial charge in [-0.3, -0.25) is 14.3 Å². The van der Waals surface area contributed by atoms with Crippen molar-refractivity contribution < 1.29 is 4.79 Å². The van der Waals surface area contributed by atoms with Crippen molar-refractivity contribution in [2.45, 2.75) is 39.9 Å². The van der Waals surface area contributed by atoms with Gasteiger partial charge >= 0.3 is 5.69 Å². The van der Waals surface area contributed by atoms with Crippen LogP contribution >= 0.6 is 0 Å². The minimum absolute atomic E-state index is 0.115. The number of anilines is 2. The highest BCUT2D eigenvalue weighted by molar-refractivity contribution is 6.03. The van der Waals surface area contributed by atoms with Crippen LogP contribution in [-0.2, 0) is 6.54 Å². The molecule has 0 radical (unpaired) electrons. The van der Waals surface area contributed by atoms with Gasteiger partial charge in [-0.15, -0.1) is 0 Å². The predicted molar refractivity (Wildman–Crippen MR) is 129 cm³/mol. The Morgan fingerprint density at radius 3 is 2.53 bits per heavy atom. The van der Waals surface area contributed by atoms with Gasteiger partial charge in [-0.1, -0.05) is 50.3 Å². The summed E-state index contributed by atoms with van der Waals surface area (Å²) in [7, 11) is 0. The molecule has 3 aromatic rings. The van der Waals surface area contributed by atoms with E-state index >= 15 is 0 Å². The summed E-state index contributed by atoms with van der Waals surface area (Å²) in [6, 6.07) is 15.7. The lowest BCUT2D eigenvalue weighted by molar-refractivity contribution is 0.0897. The molecule has 2 aromatic carbocycles. The molecular weight excluding hydrogens is 402 g/mol. The number of hydrogen-bond donors (Lipinski definition) is 3. The Morgan fingerprint density at radius 2 is 1.78 bits per heavy atom. The van der Waals surface area contributed by atoms with Crippen LogP contribution in [0, 0.1) is 0 Å². The van der Waals surface area contributed by atoms with Gasteiger partial charge in [0.2, 0.25) is 0 Å². The second-order valence-electron chi connectivity index (χ2n) is 8.10. The summed E-state index contributed by atoms with van der Waals surface area (Å²) in [4.78, 5) is 30.5. The van der Waals surface area contributed by atoms with E-state index in [1.807, 2.05) is 70.2 Å². The van der Waals surface area contributed by atoms with E-state index < -0.39 is 5.66 Å². The number of H-pyrrole nitrogens is 1. The zero-order chi connectivity index (χ0) is 22.9. The average Bonchev–Trinajstić information content (AvgIpc) is 3.13. The molecule has 0 unspecified atom stereocenters. The number of nitrogens with one attached hydrogen (secondary N) is 3. The number of hydrogen-bond acceptors (Lipinski definition) is 4. The number of rotatable bonds is 3. The second kappa shape index (κ2) is 8.42. The lowest BCUT2D eigenvalue weighted by Crippen LogP contribution is -2.60. The molecule has 7 heteroatoms. The van der Waals surface area contributed by atoms with Crippen LogP contribution in [0.4, 0.5) is 11.5 Å². The monoisotopic (exact) mass is 431 g/mol. The highest BCUT2D eigenvalue weighted by atomic mass is 16.2. The van der Waals surface area contributed by atoms with Crippen LogP contribution in [-0.4, -0.2) is 27.7 Å². The maximum Gasteiger partial charge on any atom is 0.332 e. The summed E-state index contributed by atoms with van der Waals surface area (Å²) in [6.07, 6.45) is 3.91. The molecule has 3 heterocycles. The van der Waals surface area contributed by atoms with Gasteiger partial charge < -0.3 is 15.5 Å². The third kappa shape index (κ3) is 3.70. The van der Waals surface area contributed by atoms with Gasteiger partial charge in [0.15, 0.2) is 0 Å². The Morgan fingerprint density at radius 1 is 1.03 bits per heavy atom. The highest BCUT2D eigenvalue weighted by Crippen LogP contribution is 2.35. The minimum atomic E-state index is -0.581. The van der Waals surface area contributed by atoms with Crippen molar-refractivity contribution in [3.05, 3.63) is 81.9 Å². The van der Waals surface area contributed by atoms with Crippen LogP contribution in [0.3, 0.4) is 0 Å². The van der Waals surface area contributed by atoms with Crippen LogP contribution in [0.1, 0.15) is 49.3 Å². The number of aromatic amines is 1. The molecule has 166 valence electrons. The van der Waals surface area contributed by atoms with Gasteiger partial charge in [-0.05, 0) is 43.7 Å². The van der Waals surface area contributed by atoms with E-state index in [1.54, 1.807) is 10.6 Å². The molecule has 0 bridgehead atoms. The van der Waals surface area contributed by atoms with E-state index in [1.165, 1.54) is 0 Å². The lowest BCUT2D eigenvalue weighted by Gasteiger charge is -2.45. The normalized spacial score (nSPS) is 15.6. The maximum absolute atomic E-state index is 12.8. The number of imidazole rings is 1. The van der Waals surface area contributed by atoms with Crippen LogP contribution in [0.15, 0.2) is 59.4 Å². The fraction of sp³-hybridized carbons (Fsp3) is 0.280. The molecule has 0 saturated heterocycles. The molecule has 1 aromatic heterocycles. The van der Waals surface area contributed by atoms with Gasteiger partial charge in [0, 0.05) is 13.1 Å².